The van der Waals surface area contributed by atoms with Gasteiger partial charge in [0.25, 0.3) is 0 Å². The lowest BCUT2D eigenvalue weighted by molar-refractivity contribution is 0.417. The molecule has 15 heavy (non-hydrogen) atoms. The van der Waals surface area contributed by atoms with Gasteiger partial charge in [0.2, 0.25) is 0 Å². The van der Waals surface area contributed by atoms with Gasteiger partial charge in [0.15, 0.2) is 11.4 Å². The number of rotatable bonds is 2. The van der Waals surface area contributed by atoms with Crippen molar-refractivity contribution < 1.29 is 8.85 Å². The first-order valence-corrected chi connectivity index (χ1v) is 4.96. The Morgan fingerprint density at radius 2 is 2.33 bits per heavy atom. The van der Waals surface area contributed by atoms with Crippen LogP contribution in [0.2, 0.25) is 0 Å². The molecule has 3 heteroatoms. The summed E-state index contributed by atoms with van der Waals surface area (Å²) in [7, 11) is -2.46. The number of pyridine rings is 1. The largest absolute Gasteiger partial charge is 0.493 e. The molecule has 0 N–H and O–H groups in total. The fourth-order valence-corrected chi connectivity index (χ4v) is 1.80. The number of methoxy groups -OCH3 is 1. The van der Waals surface area contributed by atoms with Gasteiger partial charge in [-0.2, -0.15) is 0 Å². The first kappa shape index (κ1) is 6.88. The van der Waals surface area contributed by atoms with Crippen LogP contribution in [0, 0.1) is 6.92 Å². The third kappa shape index (κ3) is 1.48. The van der Waals surface area contributed by atoms with Crippen molar-refractivity contribution in [2.75, 3.05) is 7.04 Å². The molecular weight excluding hydrogens is 188 g/mol. The van der Waals surface area contributed by atoms with Crippen LogP contribution in [-0.2, 0) is 0 Å². The Morgan fingerprint density at radius 1 is 1.53 bits per heavy atom. The second-order valence-corrected chi connectivity index (χ2v) is 3.91. The molecule has 0 aliphatic heterocycles. The van der Waals surface area contributed by atoms with Crippen LogP contribution in [0.4, 0.5) is 0 Å². The Labute approximate surface area is 93.9 Å². The molecule has 2 rings (SSSR count). The molecule has 0 atom stereocenters. The van der Waals surface area contributed by atoms with Gasteiger partial charge in [-0.1, -0.05) is 13.8 Å². The summed E-state index contributed by atoms with van der Waals surface area (Å²) in [5, 5.41) is 0. The average molecular weight is 207 g/mol. The number of hydrogen-bond acceptors (Lipinski definition) is 2. The number of aromatic nitrogens is 2. The van der Waals surface area contributed by atoms with E-state index < -0.39 is 7.04 Å². The zero-order valence-corrected chi connectivity index (χ0v) is 9.11. The van der Waals surface area contributed by atoms with Crippen molar-refractivity contribution in [1.29, 1.82) is 0 Å². The molecule has 3 nitrogen and oxygen atoms in total. The summed E-state index contributed by atoms with van der Waals surface area (Å²) in [5.41, 5.74) is 2.52. The fraction of sp³-hybridized carbons (Fsp3) is 0.417. The van der Waals surface area contributed by atoms with Crippen LogP contribution in [0.5, 0.6) is 5.75 Å². The fourth-order valence-electron chi connectivity index (χ4n) is 1.80. The summed E-state index contributed by atoms with van der Waals surface area (Å²) in [6.45, 7) is 6.08. The van der Waals surface area contributed by atoms with Crippen molar-refractivity contribution in [3.05, 3.63) is 29.7 Å². The van der Waals surface area contributed by atoms with E-state index in [0.717, 1.165) is 11.4 Å². The van der Waals surface area contributed by atoms with Gasteiger partial charge in [-0.25, -0.2) is 4.98 Å². The maximum atomic E-state index is 7.16. The third-order valence-corrected chi connectivity index (χ3v) is 2.55. The van der Waals surface area contributed by atoms with Crippen LogP contribution in [-0.4, -0.2) is 16.4 Å². The van der Waals surface area contributed by atoms with Crippen LogP contribution < -0.4 is 4.74 Å². The number of fused-ring (bicyclic) bond motifs is 1. The lowest BCUT2D eigenvalue weighted by atomic mass is 10.1. The van der Waals surface area contributed by atoms with Gasteiger partial charge in [-0.15, -0.1) is 0 Å². The molecule has 0 saturated heterocycles. The van der Waals surface area contributed by atoms with Crippen LogP contribution in [0.1, 0.15) is 35.3 Å². The Bertz CT molecular complexity index is 572. The van der Waals surface area contributed by atoms with Gasteiger partial charge in [-0.05, 0) is 25.0 Å². The molecule has 0 bridgehead atoms. The molecule has 0 aliphatic rings. The van der Waals surface area contributed by atoms with Crippen LogP contribution >= 0.6 is 0 Å². The monoisotopic (exact) mass is 207 g/mol. The van der Waals surface area contributed by atoms with Crippen LogP contribution in [0.15, 0.2) is 18.3 Å². The quantitative estimate of drug-likeness (QED) is 0.757. The molecular formula is C12H16N2O. The Balaban J connectivity index is 2.59. The van der Waals surface area contributed by atoms with Crippen molar-refractivity contribution in [3.8, 4) is 5.75 Å². The maximum absolute atomic E-state index is 7.16. The standard InChI is InChI=1S/C12H16N2O/c1-8(2)11-9(3)14-7-5-6-10(15-4)12(14)13-11/h5-8H,1-4H3/i4D3. The second kappa shape index (κ2) is 3.57. The summed E-state index contributed by atoms with van der Waals surface area (Å²) >= 11 is 0. The van der Waals surface area contributed by atoms with E-state index in [-0.39, 0.29) is 11.7 Å². The number of hydrogen-bond donors (Lipinski definition) is 0. The van der Waals surface area contributed by atoms with Crippen LogP contribution in [0.3, 0.4) is 0 Å². The van der Waals surface area contributed by atoms with Crippen molar-refractivity contribution >= 4 is 5.65 Å². The normalized spacial score (nSPS) is 15.1. The van der Waals surface area contributed by atoms with E-state index in [0.29, 0.717) is 5.65 Å². The molecule has 2 aromatic heterocycles. The van der Waals surface area contributed by atoms with Crippen molar-refractivity contribution in [3.63, 3.8) is 0 Å². The van der Waals surface area contributed by atoms with Gasteiger partial charge in [-0.3, -0.25) is 0 Å². The molecule has 0 unspecified atom stereocenters. The summed E-state index contributed by atoms with van der Waals surface area (Å²) in [6, 6.07) is 3.38. The SMILES string of the molecule is [2H]C([2H])([2H])Oc1cccn2c(C)c(C(C)C)nc12. The molecule has 0 saturated carbocycles. The minimum Gasteiger partial charge on any atom is -0.493 e. The van der Waals surface area contributed by atoms with Gasteiger partial charge in [0.05, 0.1) is 16.8 Å². The molecule has 0 spiro atoms. The first-order chi connectivity index (χ1) is 8.29. The highest BCUT2D eigenvalue weighted by Gasteiger charge is 2.13. The Morgan fingerprint density at radius 3 is 3.00 bits per heavy atom. The smallest absolute Gasteiger partial charge is 0.180 e. The molecule has 2 aromatic rings. The molecule has 0 amide bonds. The highest BCUT2D eigenvalue weighted by molar-refractivity contribution is 5.56. The second-order valence-electron chi connectivity index (χ2n) is 3.91. The topological polar surface area (TPSA) is 26.5 Å². The number of ether oxygens (including phenoxy) is 1. The van der Waals surface area contributed by atoms with E-state index in [1.807, 2.05) is 17.5 Å². The number of nitrogens with zero attached hydrogens (tertiary/aromatic N) is 2. The third-order valence-electron chi connectivity index (χ3n) is 2.55. The van der Waals surface area contributed by atoms with Gasteiger partial charge in [0, 0.05) is 11.9 Å². The first-order valence-electron chi connectivity index (χ1n) is 6.46. The summed E-state index contributed by atoms with van der Waals surface area (Å²) in [6.07, 6.45) is 1.86. The summed E-state index contributed by atoms with van der Waals surface area (Å²) < 4.78 is 28.3. The van der Waals surface area contributed by atoms with Crippen molar-refractivity contribution in [2.24, 2.45) is 0 Å². The maximum Gasteiger partial charge on any atom is 0.180 e. The predicted octanol–water partition coefficient (Wildman–Crippen LogP) is 2.77. The van der Waals surface area contributed by atoms with E-state index in [2.05, 4.69) is 18.8 Å². The van der Waals surface area contributed by atoms with E-state index >= 15 is 0 Å². The van der Waals surface area contributed by atoms with Gasteiger partial charge < -0.3 is 9.14 Å². The lowest BCUT2D eigenvalue weighted by Gasteiger charge is -2.02. The molecule has 0 aromatic carbocycles. The number of aryl methyl sites for hydroxylation is 1. The van der Waals surface area contributed by atoms with Gasteiger partial charge in [0.1, 0.15) is 0 Å². The molecule has 80 valence electrons. The highest BCUT2D eigenvalue weighted by Crippen LogP contribution is 2.25. The molecule has 0 aliphatic carbocycles. The Hall–Kier alpha value is -1.51. The molecule has 2 heterocycles. The van der Waals surface area contributed by atoms with Gasteiger partial charge >= 0.3 is 0 Å². The Kier molecular flexibility index (Phi) is 1.64. The van der Waals surface area contributed by atoms with E-state index in [1.165, 1.54) is 0 Å². The minimum absolute atomic E-state index is 0.283. The van der Waals surface area contributed by atoms with E-state index in [1.54, 1.807) is 12.1 Å². The highest BCUT2D eigenvalue weighted by atomic mass is 16.5. The molecule has 0 fully saturated rings. The molecule has 0 radical (unpaired) electrons. The van der Waals surface area contributed by atoms with E-state index in [4.69, 9.17) is 8.85 Å². The lowest BCUT2D eigenvalue weighted by Crippen LogP contribution is -1.92. The zero-order chi connectivity index (χ0) is 13.5. The average Bonchev–Trinajstić information content (AvgIpc) is 2.56. The van der Waals surface area contributed by atoms with Crippen LogP contribution in [0.25, 0.3) is 5.65 Å². The van der Waals surface area contributed by atoms with E-state index in [9.17, 15) is 0 Å². The zero-order valence-electron chi connectivity index (χ0n) is 12.1. The summed E-state index contributed by atoms with van der Waals surface area (Å²) in [4.78, 5) is 4.48. The summed E-state index contributed by atoms with van der Waals surface area (Å²) in [5.74, 6) is 0.568. The minimum atomic E-state index is -2.46. The predicted molar refractivity (Wildman–Crippen MR) is 60.6 cm³/mol. The van der Waals surface area contributed by atoms with Crippen molar-refractivity contribution in [1.82, 2.24) is 9.38 Å². The number of imidazole rings is 1. The van der Waals surface area contributed by atoms with Crippen molar-refractivity contribution in [2.45, 2.75) is 26.7 Å².